The molecule has 0 aliphatic carbocycles. The summed E-state index contributed by atoms with van der Waals surface area (Å²) in [5, 5.41) is 4.46. The Balaban J connectivity index is 2.31. The third-order valence-corrected chi connectivity index (χ3v) is 4.05. The van der Waals surface area contributed by atoms with Gasteiger partial charge in [0.05, 0.1) is 11.1 Å². The van der Waals surface area contributed by atoms with Crippen LogP contribution in [0, 0.1) is 0 Å². The van der Waals surface area contributed by atoms with Gasteiger partial charge in [-0.15, -0.1) is 0 Å². The predicted octanol–water partition coefficient (Wildman–Crippen LogP) is 3.37. The SMILES string of the molecule is CSC(C)CNC(=O)c1cc(Cl)nc2ccccc12. The lowest BCUT2D eigenvalue weighted by Crippen LogP contribution is -2.29. The summed E-state index contributed by atoms with van der Waals surface area (Å²) in [7, 11) is 0. The standard InChI is InChI=1S/C14H15ClN2OS/c1-9(19-2)8-16-14(18)11-7-13(15)17-12-6-4-3-5-10(11)12/h3-7,9H,8H2,1-2H3,(H,16,18). The van der Waals surface area contributed by atoms with Crippen molar-refractivity contribution in [2.45, 2.75) is 12.2 Å². The number of benzene rings is 1. The number of rotatable bonds is 4. The van der Waals surface area contributed by atoms with E-state index in [1.807, 2.05) is 30.5 Å². The fourth-order valence-electron chi connectivity index (χ4n) is 1.75. The summed E-state index contributed by atoms with van der Waals surface area (Å²) < 4.78 is 0. The summed E-state index contributed by atoms with van der Waals surface area (Å²) in [6, 6.07) is 9.11. The van der Waals surface area contributed by atoms with E-state index in [-0.39, 0.29) is 5.91 Å². The summed E-state index contributed by atoms with van der Waals surface area (Å²) in [6.45, 7) is 2.71. The molecule has 19 heavy (non-hydrogen) atoms. The van der Waals surface area contributed by atoms with Gasteiger partial charge >= 0.3 is 0 Å². The highest BCUT2D eigenvalue weighted by Gasteiger charge is 2.12. The van der Waals surface area contributed by atoms with Crippen LogP contribution in [0.4, 0.5) is 0 Å². The van der Waals surface area contributed by atoms with E-state index in [2.05, 4.69) is 17.2 Å². The minimum absolute atomic E-state index is 0.110. The molecule has 0 aliphatic rings. The van der Waals surface area contributed by atoms with Gasteiger partial charge in [0.15, 0.2) is 0 Å². The van der Waals surface area contributed by atoms with E-state index >= 15 is 0 Å². The lowest BCUT2D eigenvalue weighted by Gasteiger charge is -2.11. The first-order valence-electron chi connectivity index (χ1n) is 5.98. The van der Waals surface area contributed by atoms with Gasteiger partial charge in [0.2, 0.25) is 0 Å². The van der Waals surface area contributed by atoms with Crippen molar-refractivity contribution >= 4 is 40.2 Å². The van der Waals surface area contributed by atoms with Crippen LogP contribution in [-0.2, 0) is 0 Å². The van der Waals surface area contributed by atoms with Crippen LogP contribution in [-0.4, -0.2) is 28.9 Å². The quantitative estimate of drug-likeness (QED) is 0.879. The van der Waals surface area contributed by atoms with Crippen molar-refractivity contribution in [2.75, 3.05) is 12.8 Å². The molecule has 1 unspecified atom stereocenters. The first-order valence-corrected chi connectivity index (χ1v) is 7.64. The fraction of sp³-hybridized carbons (Fsp3) is 0.286. The third-order valence-electron chi connectivity index (χ3n) is 2.88. The molecule has 100 valence electrons. The molecule has 0 aliphatic heterocycles. The van der Waals surface area contributed by atoms with Gasteiger partial charge in [-0.25, -0.2) is 4.98 Å². The normalized spacial score (nSPS) is 12.4. The zero-order valence-corrected chi connectivity index (χ0v) is 12.4. The average Bonchev–Trinajstić information content (AvgIpc) is 2.43. The number of halogens is 1. The lowest BCUT2D eigenvalue weighted by molar-refractivity contribution is 0.0955. The Hall–Kier alpha value is -1.26. The number of carbonyl (C=O) groups excluding carboxylic acids is 1. The molecule has 1 aromatic carbocycles. The zero-order valence-electron chi connectivity index (χ0n) is 10.8. The number of aromatic nitrogens is 1. The second-order valence-corrected chi connectivity index (χ2v) is 5.93. The van der Waals surface area contributed by atoms with Gasteiger partial charge in [-0.2, -0.15) is 11.8 Å². The Kier molecular flexibility index (Phi) is 4.66. The highest BCUT2D eigenvalue weighted by atomic mass is 35.5. The number of hydrogen-bond donors (Lipinski definition) is 1. The maximum atomic E-state index is 12.2. The molecule has 2 aromatic rings. The van der Waals surface area contributed by atoms with Crippen molar-refractivity contribution in [1.82, 2.24) is 10.3 Å². The van der Waals surface area contributed by atoms with Crippen molar-refractivity contribution < 1.29 is 4.79 Å². The minimum Gasteiger partial charge on any atom is -0.351 e. The van der Waals surface area contributed by atoms with Gasteiger partial charge in [-0.05, 0) is 18.4 Å². The van der Waals surface area contributed by atoms with Gasteiger partial charge in [0.25, 0.3) is 5.91 Å². The highest BCUT2D eigenvalue weighted by molar-refractivity contribution is 7.99. The molecule has 1 N–H and O–H groups in total. The number of carbonyl (C=O) groups is 1. The van der Waals surface area contributed by atoms with Crippen molar-refractivity contribution in [3.05, 3.63) is 41.0 Å². The summed E-state index contributed by atoms with van der Waals surface area (Å²) in [5.41, 5.74) is 1.31. The van der Waals surface area contributed by atoms with Crippen LogP contribution < -0.4 is 5.32 Å². The van der Waals surface area contributed by atoms with E-state index in [9.17, 15) is 4.79 Å². The molecule has 0 saturated heterocycles. The summed E-state index contributed by atoms with van der Waals surface area (Å²) >= 11 is 7.68. The Morgan fingerprint density at radius 1 is 1.47 bits per heavy atom. The number of para-hydroxylation sites is 1. The monoisotopic (exact) mass is 294 g/mol. The maximum Gasteiger partial charge on any atom is 0.252 e. The molecule has 2 rings (SSSR count). The molecule has 0 spiro atoms. The van der Waals surface area contributed by atoms with Crippen LogP contribution in [0.5, 0.6) is 0 Å². The Labute approximate surface area is 121 Å². The van der Waals surface area contributed by atoms with Gasteiger partial charge in [-0.1, -0.05) is 36.7 Å². The number of hydrogen-bond acceptors (Lipinski definition) is 3. The zero-order chi connectivity index (χ0) is 13.8. The number of thioether (sulfide) groups is 1. The molecule has 1 heterocycles. The van der Waals surface area contributed by atoms with E-state index in [4.69, 9.17) is 11.6 Å². The first-order chi connectivity index (χ1) is 9.11. The second-order valence-electron chi connectivity index (χ2n) is 4.27. The molecular formula is C14H15ClN2OS. The largest absolute Gasteiger partial charge is 0.351 e. The van der Waals surface area contributed by atoms with E-state index in [1.165, 1.54) is 0 Å². The summed E-state index contributed by atoms with van der Waals surface area (Å²) in [5.74, 6) is -0.110. The number of nitrogens with one attached hydrogen (secondary N) is 1. The molecule has 0 bridgehead atoms. The van der Waals surface area contributed by atoms with Gasteiger partial charge < -0.3 is 5.32 Å². The molecule has 0 fully saturated rings. The number of nitrogens with zero attached hydrogens (tertiary/aromatic N) is 1. The second kappa shape index (κ2) is 6.26. The number of fused-ring (bicyclic) bond motifs is 1. The molecular weight excluding hydrogens is 280 g/mol. The van der Waals surface area contributed by atoms with Crippen LogP contribution in [0.2, 0.25) is 5.15 Å². The van der Waals surface area contributed by atoms with Gasteiger partial charge in [0.1, 0.15) is 5.15 Å². The van der Waals surface area contributed by atoms with Gasteiger partial charge in [0, 0.05) is 17.2 Å². The van der Waals surface area contributed by atoms with Crippen molar-refractivity contribution in [2.24, 2.45) is 0 Å². The smallest absolute Gasteiger partial charge is 0.252 e. The lowest BCUT2D eigenvalue weighted by atomic mass is 10.1. The first kappa shape index (κ1) is 14.2. The Morgan fingerprint density at radius 2 is 2.21 bits per heavy atom. The topological polar surface area (TPSA) is 42.0 Å². The van der Waals surface area contributed by atoms with E-state index in [1.54, 1.807) is 17.8 Å². The molecule has 3 nitrogen and oxygen atoms in total. The Morgan fingerprint density at radius 3 is 2.95 bits per heavy atom. The molecule has 1 aromatic heterocycles. The molecule has 0 saturated carbocycles. The van der Waals surface area contributed by atoms with Crippen molar-refractivity contribution in [3.63, 3.8) is 0 Å². The van der Waals surface area contributed by atoms with Crippen LogP contribution in [0.3, 0.4) is 0 Å². The van der Waals surface area contributed by atoms with Crippen LogP contribution in [0.1, 0.15) is 17.3 Å². The maximum absolute atomic E-state index is 12.2. The van der Waals surface area contributed by atoms with E-state index in [0.29, 0.717) is 22.5 Å². The third kappa shape index (κ3) is 3.39. The van der Waals surface area contributed by atoms with E-state index < -0.39 is 0 Å². The van der Waals surface area contributed by atoms with Crippen LogP contribution >= 0.6 is 23.4 Å². The number of pyridine rings is 1. The molecule has 1 amide bonds. The Bertz CT molecular complexity index is 603. The molecule has 1 atom stereocenters. The average molecular weight is 295 g/mol. The molecule has 0 radical (unpaired) electrons. The fourth-order valence-corrected chi connectivity index (χ4v) is 2.20. The summed E-state index contributed by atoms with van der Waals surface area (Å²) in [6.07, 6.45) is 2.02. The van der Waals surface area contributed by atoms with Crippen LogP contribution in [0.15, 0.2) is 30.3 Å². The highest BCUT2D eigenvalue weighted by Crippen LogP contribution is 2.20. The van der Waals surface area contributed by atoms with Crippen LogP contribution in [0.25, 0.3) is 10.9 Å². The predicted molar refractivity (Wildman–Crippen MR) is 82.1 cm³/mol. The van der Waals surface area contributed by atoms with Crippen molar-refractivity contribution in [3.8, 4) is 0 Å². The molecule has 5 heteroatoms. The summed E-state index contributed by atoms with van der Waals surface area (Å²) in [4.78, 5) is 16.4. The van der Waals surface area contributed by atoms with Crippen molar-refractivity contribution in [1.29, 1.82) is 0 Å². The van der Waals surface area contributed by atoms with Gasteiger partial charge in [-0.3, -0.25) is 4.79 Å². The number of amides is 1. The minimum atomic E-state index is -0.110. The van der Waals surface area contributed by atoms with E-state index in [0.717, 1.165) is 10.9 Å².